The van der Waals surface area contributed by atoms with E-state index < -0.39 is 5.82 Å². The van der Waals surface area contributed by atoms with Gasteiger partial charge in [-0.15, -0.1) is 10.2 Å². The van der Waals surface area contributed by atoms with Crippen molar-refractivity contribution in [3.05, 3.63) is 48.5 Å². The molecule has 0 saturated heterocycles. The summed E-state index contributed by atoms with van der Waals surface area (Å²) in [6, 6.07) is 9.34. The Balaban J connectivity index is 1.53. The van der Waals surface area contributed by atoms with Crippen LogP contribution in [0.15, 0.2) is 42.7 Å². The van der Waals surface area contributed by atoms with Gasteiger partial charge in [0.25, 0.3) is 0 Å². The van der Waals surface area contributed by atoms with Crippen LogP contribution in [0.5, 0.6) is 5.75 Å². The lowest BCUT2D eigenvalue weighted by Gasteiger charge is -2.30. The molecule has 7 heteroatoms. The molecule has 1 unspecified atom stereocenters. The van der Waals surface area contributed by atoms with Crippen LogP contribution in [0.2, 0.25) is 0 Å². The number of hydrogen-bond acceptors (Lipinski definition) is 5. The van der Waals surface area contributed by atoms with E-state index in [-0.39, 0.29) is 5.75 Å². The molecule has 30 heavy (non-hydrogen) atoms. The fraction of sp³-hybridized carbons (Fsp3) is 0.435. The topological polar surface area (TPSA) is 67.1 Å². The van der Waals surface area contributed by atoms with Crippen molar-refractivity contribution in [2.45, 2.75) is 45.6 Å². The lowest BCUT2D eigenvalue weighted by atomic mass is 9.98. The second-order valence-corrected chi connectivity index (χ2v) is 8.61. The first kappa shape index (κ1) is 20.3. The van der Waals surface area contributed by atoms with Gasteiger partial charge in [-0.25, -0.2) is 9.07 Å². The maximum absolute atomic E-state index is 13.2. The molecule has 2 aromatic heterocycles. The van der Waals surface area contributed by atoms with Crippen molar-refractivity contribution in [2.75, 3.05) is 11.9 Å². The van der Waals surface area contributed by atoms with Crippen LogP contribution in [0, 0.1) is 17.7 Å². The van der Waals surface area contributed by atoms with Crippen LogP contribution in [-0.4, -0.2) is 38.2 Å². The molecule has 0 aliphatic heterocycles. The molecule has 1 aliphatic carbocycles. The first-order chi connectivity index (χ1) is 14.4. The Kier molecular flexibility index (Phi) is 5.70. The van der Waals surface area contributed by atoms with Crippen LogP contribution in [0.3, 0.4) is 0 Å². The number of aromatic nitrogens is 4. The van der Waals surface area contributed by atoms with Crippen molar-refractivity contribution >= 4 is 5.82 Å². The number of rotatable bonds is 4. The predicted molar refractivity (Wildman–Crippen MR) is 115 cm³/mol. The van der Waals surface area contributed by atoms with Gasteiger partial charge in [-0.3, -0.25) is 0 Å². The molecule has 1 fully saturated rings. The third kappa shape index (κ3) is 4.30. The molecule has 1 aromatic carbocycles. The molecule has 0 spiro atoms. The van der Waals surface area contributed by atoms with Gasteiger partial charge in [0.1, 0.15) is 5.75 Å². The van der Waals surface area contributed by atoms with Gasteiger partial charge in [0.2, 0.25) is 0 Å². The van der Waals surface area contributed by atoms with E-state index in [0.717, 1.165) is 12.0 Å². The normalized spacial score (nSPS) is 21.9. The molecule has 3 atom stereocenters. The molecule has 6 nitrogen and oxygen atoms in total. The lowest BCUT2D eigenvalue weighted by Crippen LogP contribution is -2.34. The van der Waals surface area contributed by atoms with Gasteiger partial charge in [-0.1, -0.05) is 26.7 Å². The molecular formula is C23H28FN5O. The minimum Gasteiger partial charge on any atom is -0.507 e. The first-order valence-corrected chi connectivity index (χ1v) is 10.5. The van der Waals surface area contributed by atoms with E-state index >= 15 is 0 Å². The lowest BCUT2D eigenvalue weighted by molar-refractivity contribution is 0.446. The summed E-state index contributed by atoms with van der Waals surface area (Å²) >= 11 is 0. The summed E-state index contributed by atoms with van der Waals surface area (Å²) in [5, 5.41) is 23.2. The molecule has 2 heterocycles. The number of benzene rings is 1. The molecule has 158 valence electrons. The number of anilines is 1. The Hall–Kier alpha value is -2.96. The van der Waals surface area contributed by atoms with E-state index in [1.54, 1.807) is 12.1 Å². The first-order valence-electron chi connectivity index (χ1n) is 10.5. The number of halogens is 1. The minimum atomic E-state index is -0.429. The maximum Gasteiger partial charge on any atom is 0.161 e. The zero-order valence-electron chi connectivity index (χ0n) is 17.7. The summed E-state index contributed by atoms with van der Waals surface area (Å²) in [6.45, 7) is 4.66. The third-order valence-corrected chi connectivity index (χ3v) is 6.13. The number of hydrogen-bond donors (Lipinski definition) is 1. The average molecular weight is 410 g/mol. The van der Waals surface area contributed by atoms with Crippen molar-refractivity contribution in [1.29, 1.82) is 0 Å². The number of aromatic hydroxyl groups is 1. The molecule has 1 N–H and O–H groups in total. The van der Waals surface area contributed by atoms with Crippen molar-refractivity contribution in [3.63, 3.8) is 0 Å². The minimum absolute atomic E-state index is 0.0465. The van der Waals surface area contributed by atoms with E-state index in [0.29, 0.717) is 34.8 Å². The second kappa shape index (κ2) is 8.42. The summed E-state index contributed by atoms with van der Waals surface area (Å²) in [5.74, 6) is 1.89. The Morgan fingerprint density at radius 2 is 1.80 bits per heavy atom. The summed E-state index contributed by atoms with van der Waals surface area (Å²) in [5.41, 5.74) is 1.73. The van der Waals surface area contributed by atoms with Crippen LogP contribution in [0.4, 0.5) is 10.2 Å². The zero-order chi connectivity index (χ0) is 21.3. The highest BCUT2D eigenvalue weighted by Crippen LogP contribution is 2.33. The maximum atomic E-state index is 13.2. The Morgan fingerprint density at radius 1 is 1.07 bits per heavy atom. The summed E-state index contributed by atoms with van der Waals surface area (Å²) in [4.78, 5) is 2.24. The molecular weight excluding hydrogens is 381 g/mol. The van der Waals surface area contributed by atoms with E-state index in [4.69, 9.17) is 0 Å². The molecule has 1 aliphatic rings. The summed E-state index contributed by atoms with van der Waals surface area (Å²) < 4.78 is 14.6. The van der Waals surface area contributed by atoms with E-state index in [1.165, 1.54) is 42.6 Å². The van der Waals surface area contributed by atoms with Crippen LogP contribution >= 0.6 is 0 Å². The highest BCUT2D eigenvalue weighted by molar-refractivity contribution is 5.69. The van der Waals surface area contributed by atoms with Crippen molar-refractivity contribution in [2.24, 2.45) is 11.8 Å². The Morgan fingerprint density at radius 3 is 2.37 bits per heavy atom. The fourth-order valence-corrected chi connectivity index (χ4v) is 4.31. The van der Waals surface area contributed by atoms with Gasteiger partial charge in [0.05, 0.1) is 23.8 Å². The SMILES string of the molecule is C[C@@H]1CC[C@H](C)CC(N(C)c2ccc(-c3ccc(-n4cc(F)cn4)cc3O)nn2)C1. The molecule has 4 rings (SSSR count). The monoisotopic (exact) mass is 409 g/mol. The standard InChI is InChI=1S/C23H28FN5O/c1-15-4-5-16(2)11-19(10-15)28(3)23-9-8-21(26-27-23)20-7-6-18(12-22(20)30)29-14-17(24)13-25-29/h6-9,12-16,19,30H,4-5,10-11H2,1-3H3/t15-,16+,19?. The van der Waals surface area contributed by atoms with Gasteiger partial charge in [0, 0.05) is 24.7 Å². The number of nitrogens with zero attached hydrogens (tertiary/aromatic N) is 5. The van der Waals surface area contributed by atoms with E-state index in [1.807, 2.05) is 12.1 Å². The fourth-order valence-electron chi connectivity index (χ4n) is 4.31. The third-order valence-electron chi connectivity index (χ3n) is 6.13. The van der Waals surface area contributed by atoms with Crippen molar-refractivity contribution in [3.8, 4) is 22.7 Å². The molecule has 3 aromatic rings. The quantitative estimate of drug-likeness (QED) is 0.626. The van der Waals surface area contributed by atoms with Gasteiger partial charge in [-0.05, 0) is 48.9 Å². The predicted octanol–water partition coefficient (Wildman–Crippen LogP) is 4.83. The summed E-state index contributed by atoms with van der Waals surface area (Å²) in [6.07, 6.45) is 7.30. The highest BCUT2D eigenvalue weighted by atomic mass is 19.1. The second-order valence-electron chi connectivity index (χ2n) is 8.61. The van der Waals surface area contributed by atoms with Crippen molar-refractivity contribution < 1.29 is 9.50 Å². The van der Waals surface area contributed by atoms with Crippen LogP contribution in [-0.2, 0) is 0 Å². The largest absolute Gasteiger partial charge is 0.507 e. The van der Waals surface area contributed by atoms with Crippen LogP contribution in [0.25, 0.3) is 16.9 Å². The highest BCUT2D eigenvalue weighted by Gasteiger charge is 2.25. The van der Waals surface area contributed by atoms with Crippen LogP contribution < -0.4 is 4.90 Å². The van der Waals surface area contributed by atoms with E-state index in [2.05, 4.69) is 41.1 Å². The molecule has 0 radical (unpaired) electrons. The van der Waals surface area contributed by atoms with Gasteiger partial charge in [0.15, 0.2) is 11.6 Å². The van der Waals surface area contributed by atoms with Gasteiger partial charge < -0.3 is 10.0 Å². The van der Waals surface area contributed by atoms with Gasteiger partial charge in [-0.2, -0.15) is 5.10 Å². The number of phenols is 1. The number of phenolic OH excluding ortho intramolecular Hbond substituents is 1. The van der Waals surface area contributed by atoms with Crippen molar-refractivity contribution in [1.82, 2.24) is 20.0 Å². The Labute approximate surface area is 176 Å². The molecule has 1 saturated carbocycles. The molecule has 0 bridgehead atoms. The Bertz CT molecular complexity index is 991. The smallest absolute Gasteiger partial charge is 0.161 e. The molecule has 0 amide bonds. The summed E-state index contributed by atoms with van der Waals surface area (Å²) in [7, 11) is 2.09. The zero-order valence-corrected chi connectivity index (χ0v) is 17.7. The van der Waals surface area contributed by atoms with Gasteiger partial charge >= 0.3 is 0 Å². The van der Waals surface area contributed by atoms with E-state index in [9.17, 15) is 9.50 Å². The van der Waals surface area contributed by atoms with Crippen LogP contribution in [0.1, 0.15) is 39.5 Å². The average Bonchev–Trinajstić information content (AvgIpc) is 3.10.